The summed E-state index contributed by atoms with van der Waals surface area (Å²) in [7, 11) is 1.49. The van der Waals surface area contributed by atoms with Gasteiger partial charge in [-0.1, -0.05) is 34.6 Å². The summed E-state index contributed by atoms with van der Waals surface area (Å²) in [4.78, 5) is 0. The van der Waals surface area contributed by atoms with Crippen molar-refractivity contribution in [2.45, 2.75) is 6.10 Å². The van der Waals surface area contributed by atoms with E-state index in [1.807, 2.05) is 24.3 Å². The lowest BCUT2D eigenvalue weighted by Gasteiger charge is -2.12. The predicted octanol–water partition coefficient (Wildman–Crippen LogP) is 2.64. The summed E-state index contributed by atoms with van der Waals surface area (Å²) in [6, 6.07) is 7.36. The first-order valence-electron chi connectivity index (χ1n) is 3.81. The molecule has 0 aliphatic heterocycles. The second-order valence-electron chi connectivity index (χ2n) is 2.62. The Morgan fingerprint density at radius 2 is 2.00 bits per heavy atom. The highest BCUT2D eigenvalue weighted by Gasteiger charge is 2.10. The van der Waals surface area contributed by atoms with Crippen LogP contribution in [0.15, 0.2) is 41.1 Å². The first kappa shape index (κ1) is 10.3. The van der Waals surface area contributed by atoms with Gasteiger partial charge in [-0.3, -0.25) is 0 Å². The number of methoxy groups -OCH3 is 1. The number of hydrogen-bond donors (Lipinski definition) is 1. The van der Waals surface area contributed by atoms with E-state index in [-0.39, 0.29) is 0 Å². The first-order valence-corrected chi connectivity index (χ1v) is 4.60. The summed E-state index contributed by atoms with van der Waals surface area (Å²) >= 11 is 3.31. The maximum Gasteiger partial charge on any atom is 0.135 e. The van der Waals surface area contributed by atoms with Crippen molar-refractivity contribution >= 4 is 15.9 Å². The summed E-state index contributed by atoms with van der Waals surface area (Å²) in [6.07, 6.45) is -0.752. The number of hydrogen-bond acceptors (Lipinski definition) is 2. The van der Waals surface area contributed by atoms with Crippen LogP contribution in [0, 0.1) is 0 Å². The molecule has 1 N–H and O–H groups in total. The largest absolute Gasteiger partial charge is 0.499 e. The van der Waals surface area contributed by atoms with E-state index in [0.717, 1.165) is 10.0 Å². The van der Waals surface area contributed by atoms with Crippen molar-refractivity contribution < 1.29 is 9.84 Å². The van der Waals surface area contributed by atoms with Crippen LogP contribution in [0.1, 0.15) is 11.7 Å². The molecule has 3 heteroatoms. The third kappa shape index (κ3) is 2.57. The zero-order valence-electron chi connectivity index (χ0n) is 7.33. The third-order valence-electron chi connectivity index (χ3n) is 1.75. The van der Waals surface area contributed by atoms with E-state index < -0.39 is 6.10 Å². The zero-order valence-corrected chi connectivity index (χ0v) is 8.91. The number of ether oxygens (including phenoxy) is 1. The second kappa shape index (κ2) is 4.44. The van der Waals surface area contributed by atoms with Gasteiger partial charge in [0.05, 0.1) is 7.11 Å². The predicted molar refractivity (Wildman–Crippen MR) is 55.3 cm³/mol. The summed E-state index contributed by atoms with van der Waals surface area (Å²) in [5, 5.41) is 9.64. The molecular formula is C10H11BrO2. The number of aliphatic hydroxyl groups is 1. The van der Waals surface area contributed by atoms with Crippen molar-refractivity contribution in [3.05, 3.63) is 46.6 Å². The molecule has 0 saturated carbocycles. The minimum Gasteiger partial charge on any atom is -0.499 e. The van der Waals surface area contributed by atoms with Gasteiger partial charge in [-0.2, -0.15) is 0 Å². The Bertz CT molecular complexity index is 292. The van der Waals surface area contributed by atoms with Gasteiger partial charge in [0.15, 0.2) is 0 Å². The highest BCUT2D eigenvalue weighted by molar-refractivity contribution is 9.10. The Kier molecular flexibility index (Phi) is 3.51. The SMILES string of the molecule is C=C(OC)C(O)c1ccc(Br)cc1. The number of benzene rings is 1. The summed E-state index contributed by atoms with van der Waals surface area (Å²) < 4.78 is 5.82. The molecule has 0 saturated heterocycles. The fraction of sp³-hybridized carbons (Fsp3) is 0.200. The Labute approximate surface area is 86.0 Å². The fourth-order valence-corrected chi connectivity index (χ4v) is 1.21. The normalized spacial score (nSPS) is 12.2. The van der Waals surface area contributed by atoms with Crippen LogP contribution < -0.4 is 0 Å². The molecule has 0 fully saturated rings. The van der Waals surface area contributed by atoms with E-state index in [1.165, 1.54) is 7.11 Å². The summed E-state index contributed by atoms with van der Waals surface area (Å²) in [6.45, 7) is 3.59. The standard InChI is InChI=1S/C10H11BrO2/c1-7(13-2)10(12)8-3-5-9(11)6-4-8/h3-6,10,12H,1H2,2H3. The van der Waals surface area contributed by atoms with E-state index in [4.69, 9.17) is 4.74 Å². The van der Waals surface area contributed by atoms with Crippen LogP contribution in [0.2, 0.25) is 0 Å². The van der Waals surface area contributed by atoms with Gasteiger partial charge < -0.3 is 9.84 Å². The third-order valence-corrected chi connectivity index (χ3v) is 2.28. The van der Waals surface area contributed by atoms with Gasteiger partial charge in [0.1, 0.15) is 11.9 Å². The average molecular weight is 243 g/mol. The van der Waals surface area contributed by atoms with Crippen molar-refractivity contribution in [3.8, 4) is 0 Å². The number of aliphatic hydroxyl groups excluding tert-OH is 1. The molecule has 2 nitrogen and oxygen atoms in total. The van der Waals surface area contributed by atoms with Crippen LogP contribution in [0.3, 0.4) is 0 Å². The van der Waals surface area contributed by atoms with Gasteiger partial charge >= 0.3 is 0 Å². The fourth-order valence-electron chi connectivity index (χ4n) is 0.943. The van der Waals surface area contributed by atoms with E-state index in [1.54, 1.807) is 0 Å². The minimum absolute atomic E-state index is 0.349. The Hall–Kier alpha value is -0.800. The molecule has 0 amide bonds. The first-order chi connectivity index (χ1) is 6.15. The Morgan fingerprint density at radius 1 is 1.46 bits per heavy atom. The van der Waals surface area contributed by atoms with Crippen LogP contribution in [0.4, 0.5) is 0 Å². The van der Waals surface area contributed by atoms with Crippen molar-refractivity contribution in [2.75, 3.05) is 7.11 Å². The Morgan fingerprint density at radius 3 is 2.46 bits per heavy atom. The van der Waals surface area contributed by atoms with Gasteiger partial charge in [0, 0.05) is 4.47 Å². The lowest BCUT2D eigenvalue weighted by atomic mass is 10.1. The molecule has 0 spiro atoms. The van der Waals surface area contributed by atoms with E-state index >= 15 is 0 Å². The lowest BCUT2D eigenvalue weighted by molar-refractivity contribution is 0.130. The molecule has 1 aromatic carbocycles. The highest BCUT2D eigenvalue weighted by atomic mass is 79.9. The van der Waals surface area contributed by atoms with Crippen LogP contribution in [0.25, 0.3) is 0 Å². The summed E-state index contributed by atoms with van der Waals surface area (Å²) in [5.74, 6) is 0.349. The monoisotopic (exact) mass is 242 g/mol. The van der Waals surface area contributed by atoms with E-state index in [9.17, 15) is 5.11 Å². The summed E-state index contributed by atoms with van der Waals surface area (Å²) in [5.41, 5.74) is 0.773. The molecule has 1 atom stereocenters. The average Bonchev–Trinajstić information content (AvgIpc) is 2.17. The van der Waals surface area contributed by atoms with E-state index in [0.29, 0.717) is 5.76 Å². The quantitative estimate of drug-likeness (QED) is 0.827. The molecule has 1 unspecified atom stereocenters. The molecule has 70 valence electrons. The van der Waals surface area contributed by atoms with Gasteiger partial charge in [-0.05, 0) is 17.7 Å². The maximum absolute atomic E-state index is 9.64. The zero-order chi connectivity index (χ0) is 9.84. The molecule has 0 bridgehead atoms. The van der Waals surface area contributed by atoms with Crippen molar-refractivity contribution in [2.24, 2.45) is 0 Å². The van der Waals surface area contributed by atoms with Gasteiger partial charge in [-0.25, -0.2) is 0 Å². The molecule has 0 radical (unpaired) electrons. The molecule has 0 heterocycles. The highest BCUT2D eigenvalue weighted by Crippen LogP contribution is 2.22. The van der Waals surface area contributed by atoms with Gasteiger partial charge in [-0.15, -0.1) is 0 Å². The maximum atomic E-state index is 9.64. The lowest BCUT2D eigenvalue weighted by Crippen LogP contribution is -2.01. The molecule has 1 aromatic rings. The van der Waals surface area contributed by atoms with Crippen LogP contribution >= 0.6 is 15.9 Å². The molecule has 0 aliphatic rings. The molecule has 1 rings (SSSR count). The number of halogens is 1. The number of rotatable bonds is 3. The van der Waals surface area contributed by atoms with Crippen LogP contribution in [-0.4, -0.2) is 12.2 Å². The second-order valence-corrected chi connectivity index (χ2v) is 3.54. The van der Waals surface area contributed by atoms with Crippen LogP contribution in [0.5, 0.6) is 0 Å². The Balaban J connectivity index is 2.83. The molecule has 0 aromatic heterocycles. The molecule has 13 heavy (non-hydrogen) atoms. The van der Waals surface area contributed by atoms with Gasteiger partial charge in [0.25, 0.3) is 0 Å². The topological polar surface area (TPSA) is 29.5 Å². The van der Waals surface area contributed by atoms with Crippen molar-refractivity contribution in [1.82, 2.24) is 0 Å². The molecular weight excluding hydrogens is 232 g/mol. The minimum atomic E-state index is -0.752. The molecule has 0 aliphatic carbocycles. The van der Waals surface area contributed by atoms with Crippen molar-refractivity contribution in [1.29, 1.82) is 0 Å². The van der Waals surface area contributed by atoms with Crippen molar-refractivity contribution in [3.63, 3.8) is 0 Å². The van der Waals surface area contributed by atoms with E-state index in [2.05, 4.69) is 22.5 Å². The smallest absolute Gasteiger partial charge is 0.135 e. The van der Waals surface area contributed by atoms with Crippen LogP contribution in [-0.2, 0) is 4.74 Å². The van der Waals surface area contributed by atoms with Gasteiger partial charge in [0.2, 0.25) is 0 Å².